The van der Waals surface area contributed by atoms with E-state index in [9.17, 15) is 4.39 Å². The van der Waals surface area contributed by atoms with Crippen LogP contribution >= 0.6 is 11.6 Å². The highest BCUT2D eigenvalue weighted by atomic mass is 35.5. The van der Waals surface area contributed by atoms with Gasteiger partial charge in [-0.1, -0.05) is 29.3 Å². The summed E-state index contributed by atoms with van der Waals surface area (Å²) in [5.74, 6) is 3.43. The number of nitrogens with one attached hydrogen (secondary N) is 1. The maximum Gasteiger partial charge on any atom is 0.325 e. The van der Waals surface area contributed by atoms with E-state index >= 15 is 0 Å². The molecular formula is C27H30ClFN6O. The zero-order valence-corrected chi connectivity index (χ0v) is 21.2. The third kappa shape index (κ3) is 4.97. The lowest BCUT2D eigenvalue weighted by Gasteiger charge is -2.35. The summed E-state index contributed by atoms with van der Waals surface area (Å²) in [5.41, 5.74) is 4.87. The molecule has 2 fully saturated rings. The number of benzene rings is 1. The number of alkyl halides is 1. The van der Waals surface area contributed by atoms with E-state index in [0.29, 0.717) is 29.1 Å². The van der Waals surface area contributed by atoms with Crippen molar-refractivity contribution in [2.24, 2.45) is 10.9 Å². The van der Waals surface area contributed by atoms with E-state index in [4.69, 9.17) is 21.3 Å². The normalized spacial score (nSPS) is 19.6. The molecule has 0 unspecified atom stereocenters. The Bertz CT molecular complexity index is 1260. The van der Waals surface area contributed by atoms with E-state index in [1.807, 2.05) is 18.2 Å². The lowest BCUT2D eigenvalue weighted by molar-refractivity contribution is 0.235. The highest BCUT2D eigenvalue weighted by Crippen LogP contribution is 2.39. The van der Waals surface area contributed by atoms with Crippen LogP contribution in [0.15, 0.2) is 40.4 Å². The molecule has 1 saturated heterocycles. The van der Waals surface area contributed by atoms with Crippen LogP contribution in [0.3, 0.4) is 0 Å². The van der Waals surface area contributed by atoms with Gasteiger partial charge in [-0.05, 0) is 55.4 Å². The fraction of sp³-hybridized carbons (Fsp3) is 0.444. The second-order valence-electron chi connectivity index (χ2n) is 9.95. The molecule has 0 radical (unpaired) electrons. The number of ether oxygens (including phenoxy) is 1. The van der Waals surface area contributed by atoms with Crippen LogP contribution in [-0.2, 0) is 6.42 Å². The number of fused-ring (bicyclic) bond motifs is 1. The number of halogens is 2. The Labute approximate surface area is 215 Å². The van der Waals surface area contributed by atoms with Crippen molar-refractivity contribution in [3.05, 3.63) is 51.6 Å². The fourth-order valence-corrected chi connectivity index (χ4v) is 5.33. The van der Waals surface area contributed by atoms with Crippen LogP contribution in [0.2, 0.25) is 5.02 Å². The summed E-state index contributed by atoms with van der Waals surface area (Å²) < 4.78 is 19.0. The predicted octanol–water partition coefficient (Wildman–Crippen LogP) is 5.13. The van der Waals surface area contributed by atoms with Gasteiger partial charge in [-0.2, -0.15) is 9.97 Å². The Morgan fingerprint density at radius 2 is 1.97 bits per heavy atom. The van der Waals surface area contributed by atoms with E-state index < -0.39 is 0 Å². The third-order valence-electron chi connectivity index (χ3n) is 7.20. The molecule has 9 heteroatoms. The van der Waals surface area contributed by atoms with E-state index in [-0.39, 0.29) is 12.7 Å². The molecule has 0 atom stereocenters. The summed E-state index contributed by atoms with van der Waals surface area (Å²) in [6, 6.07) is 6.10. The van der Waals surface area contributed by atoms with Crippen molar-refractivity contribution in [1.29, 1.82) is 0 Å². The monoisotopic (exact) mass is 508 g/mol. The van der Waals surface area contributed by atoms with E-state index in [2.05, 4.69) is 44.2 Å². The molecule has 1 aromatic carbocycles. The number of allylic oxidation sites excluding steroid dienone is 1. The largest absolute Gasteiger partial charge is 0.423 e. The van der Waals surface area contributed by atoms with Crippen molar-refractivity contribution in [1.82, 2.24) is 14.9 Å². The Hall–Kier alpha value is -2.97. The minimum absolute atomic E-state index is 0.228. The second kappa shape index (κ2) is 9.82. The topological polar surface area (TPSA) is 65.9 Å². The number of piperazine rings is 1. The smallest absolute Gasteiger partial charge is 0.325 e. The SMILES string of the molecule is CC1=Cc2c(ccc(Oc3nc(NC4=NCC(C5CC5)=C4)cc(N4CCN(CCF)CC4)n3)c2Cl)C1. The van der Waals surface area contributed by atoms with Gasteiger partial charge in [0.1, 0.15) is 29.9 Å². The Kier molecular flexibility index (Phi) is 6.39. The van der Waals surface area contributed by atoms with Gasteiger partial charge in [0, 0.05) is 44.4 Å². The third-order valence-corrected chi connectivity index (χ3v) is 7.59. The van der Waals surface area contributed by atoms with Crippen molar-refractivity contribution in [2.75, 3.05) is 56.2 Å². The van der Waals surface area contributed by atoms with Crippen LogP contribution in [0.25, 0.3) is 6.08 Å². The summed E-state index contributed by atoms with van der Waals surface area (Å²) >= 11 is 6.72. The molecular weight excluding hydrogens is 479 g/mol. The van der Waals surface area contributed by atoms with Gasteiger partial charge in [0.25, 0.3) is 0 Å². The molecule has 1 N–H and O–H groups in total. The minimum atomic E-state index is -0.325. The number of amidine groups is 1. The van der Waals surface area contributed by atoms with Crippen LogP contribution in [-0.4, -0.2) is 66.6 Å². The maximum atomic E-state index is 12.8. The molecule has 0 spiro atoms. The molecule has 2 aromatic rings. The van der Waals surface area contributed by atoms with E-state index in [1.54, 1.807) is 0 Å². The zero-order valence-electron chi connectivity index (χ0n) is 20.4. The summed E-state index contributed by atoms with van der Waals surface area (Å²) in [7, 11) is 0. The lowest BCUT2D eigenvalue weighted by atomic mass is 10.1. The van der Waals surface area contributed by atoms with Crippen LogP contribution in [0.5, 0.6) is 11.8 Å². The van der Waals surface area contributed by atoms with Crippen molar-refractivity contribution in [3.63, 3.8) is 0 Å². The van der Waals surface area contributed by atoms with Crippen molar-refractivity contribution >= 4 is 35.1 Å². The molecule has 4 aliphatic rings. The molecule has 6 rings (SSSR count). The van der Waals surface area contributed by atoms with E-state index in [0.717, 1.165) is 56.4 Å². The van der Waals surface area contributed by atoms with Gasteiger partial charge in [0.15, 0.2) is 0 Å². The average molecular weight is 509 g/mol. The number of nitrogens with zero attached hydrogens (tertiary/aromatic N) is 5. The number of aliphatic imine (C=N–C) groups is 1. The fourth-order valence-electron chi connectivity index (χ4n) is 5.05. The number of hydrogen-bond donors (Lipinski definition) is 1. The molecule has 2 aliphatic heterocycles. The summed E-state index contributed by atoms with van der Waals surface area (Å²) in [5, 5.41) is 3.94. The van der Waals surface area contributed by atoms with Crippen molar-refractivity contribution in [3.8, 4) is 11.8 Å². The minimum Gasteiger partial charge on any atom is -0.423 e. The number of aromatic nitrogens is 2. The standard InChI is InChI=1S/C27H30ClFN6O/c1-17-12-19-4-5-22(26(28)21(19)13-17)36-27-32-24(31-23-14-20(16-30-23)18-2-3-18)15-25(33-27)35-10-8-34(7-6-29)9-11-35/h4-5,13-15,18H,2-3,6-12,16H2,1H3,(H,30,31,32,33). The Balaban J connectivity index is 1.27. The number of rotatable bonds is 7. The molecule has 1 saturated carbocycles. The van der Waals surface area contributed by atoms with Crippen molar-refractivity contribution in [2.45, 2.75) is 26.2 Å². The van der Waals surface area contributed by atoms with Gasteiger partial charge >= 0.3 is 6.01 Å². The van der Waals surface area contributed by atoms with Crippen LogP contribution in [0, 0.1) is 5.92 Å². The number of anilines is 2. The van der Waals surface area contributed by atoms with Gasteiger partial charge in [-0.25, -0.2) is 4.39 Å². The molecule has 0 amide bonds. The van der Waals surface area contributed by atoms with Crippen LogP contribution in [0.4, 0.5) is 16.0 Å². The molecule has 188 valence electrons. The van der Waals surface area contributed by atoms with Gasteiger partial charge in [-0.3, -0.25) is 9.89 Å². The van der Waals surface area contributed by atoms with Gasteiger partial charge < -0.3 is 15.0 Å². The molecule has 1 aromatic heterocycles. The first-order valence-corrected chi connectivity index (χ1v) is 13.0. The Morgan fingerprint density at radius 3 is 2.75 bits per heavy atom. The first-order chi connectivity index (χ1) is 17.6. The van der Waals surface area contributed by atoms with Crippen molar-refractivity contribution < 1.29 is 9.13 Å². The molecule has 3 heterocycles. The quantitative estimate of drug-likeness (QED) is 0.559. The van der Waals surface area contributed by atoms with Gasteiger partial charge in [0.2, 0.25) is 0 Å². The summed E-state index contributed by atoms with van der Waals surface area (Å²) in [6.07, 6.45) is 7.67. The Morgan fingerprint density at radius 1 is 1.14 bits per heavy atom. The molecule has 2 aliphatic carbocycles. The van der Waals surface area contributed by atoms with Gasteiger partial charge in [0.05, 0.1) is 11.6 Å². The number of hydrogen-bond acceptors (Lipinski definition) is 7. The van der Waals surface area contributed by atoms with Gasteiger partial charge in [-0.15, -0.1) is 0 Å². The highest BCUT2D eigenvalue weighted by Gasteiger charge is 2.28. The predicted molar refractivity (Wildman–Crippen MR) is 142 cm³/mol. The van der Waals surface area contributed by atoms with Crippen LogP contribution in [0.1, 0.15) is 30.9 Å². The lowest BCUT2D eigenvalue weighted by Crippen LogP contribution is -2.47. The highest BCUT2D eigenvalue weighted by molar-refractivity contribution is 6.33. The molecule has 7 nitrogen and oxygen atoms in total. The first kappa shape index (κ1) is 23.4. The average Bonchev–Trinajstić information content (AvgIpc) is 3.50. The van der Waals surface area contributed by atoms with E-state index in [1.165, 1.54) is 29.6 Å². The summed E-state index contributed by atoms with van der Waals surface area (Å²) in [4.78, 5) is 18.3. The molecule has 36 heavy (non-hydrogen) atoms. The maximum absolute atomic E-state index is 12.8. The zero-order chi connectivity index (χ0) is 24.6. The van der Waals surface area contributed by atoms with Crippen LogP contribution < -0.4 is 15.0 Å². The first-order valence-electron chi connectivity index (χ1n) is 12.7. The summed E-state index contributed by atoms with van der Waals surface area (Å²) in [6.45, 7) is 6.09. The molecule has 0 bridgehead atoms. The second-order valence-corrected chi connectivity index (χ2v) is 10.3.